The van der Waals surface area contributed by atoms with E-state index in [1.54, 1.807) is 4.90 Å². The van der Waals surface area contributed by atoms with E-state index in [-0.39, 0.29) is 19.1 Å². The number of amides is 1. The molecule has 102 valence electrons. The summed E-state index contributed by atoms with van der Waals surface area (Å²) in [6, 6.07) is 7.76. The molecular weight excluding hydrogens is 246 g/mol. The number of ether oxygens (including phenoxy) is 1. The summed E-state index contributed by atoms with van der Waals surface area (Å²) in [6.45, 7) is 2.84. The molecule has 19 heavy (non-hydrogen) atoms. The number of hydrogen-bond donors (Lipinski definition) is 1. The molecule has 1 amide bonds. The molecule has 1 aliphatic heterocycles. The van der Waals surface area contributed by atoms with Gasteiger partial charge < -0.3 is 14.7 Å². The lowest BCUT2D eigenvalue weighted by atomic mass is 10.1. The van der Waals surface area contributed by atoms with E-state index in [9.17, 15) is 9.59 Å². The Labute approximate surface area is 111 Å². The second-order valence-corrected chi connectivity index (χ2v) is 4.70. The van der Waals surface area contributed by atoms with Crippen LogP contribution in [0.3, 0.4) is 0 Å². The lowest BCUT2D eigenvalue weighted by Gasteiger charge is -2.31. The molecule has 0 saturated carbocycles. The third-order valence-corrected chi connectivity index (χ3v) is 3.17. The summed E-state index contributed by atoms with van der Waals surface area (Å²) in [7, 11) is 0. The molecule has 1 heterocycles. The minimum atomic E-state index is -1.02. The van der Waals surface area contributed by atoms with Crippen LogP contribution in [0.5, 0.6) is 0 Å². The Hall–Kier alpha value is -1.88. The van der Waals surface area contributed by atoms with E-state index in [1.807, 2.05) is 31.2 Å². The van der Waals surface area contributed by atoms with Crippen molar-refractivity contribution < 1.29 is 19.4 Å². The SMILES string of the molecule is Cc1ccc(CC(=O)N2CCO[C@H](C(=O)O)C2)cc1. The van der Waals surface area contributed by atoms with Gasteiger partial charge in [-0.25, -0.2) is 4.79 Å². The molecule has 1 atom stereocenters. The quantitative estimate of drug-likeness (QED) is 0.878. The number of aryl methyl sites for hydroxylation is 1. The number of carboxylic acid groups (broad SMARTS) is 1. The molecule has 0 radical (unpaired) electrons. The monoisotopic (exact) mass is 263 g/mol. The molecule has 1 aliphatic rings. The van der Waals surface area contributed by atoms with Crippen LogP contribution in [0.4, 0.5) is 0 Å². The van der Waals surface area contributed by atoms with Crippen molar-refractivity contribution in [2.75, 3.05) is 19.7 Å². The van der Waals surface area contributed by atoms with Gasteiger partial charge in [-0.2, -0.15) is 0 Å². The van der Waals surface area contributed by atoms with Gasteiger partial charge in [-0.1, -0.05) is 29.8 Å². The highest BCUT2D eigenvalue weighted by Gasteiger charge is 2.28. The van der Waals surface area contributed by atoms with Gasteiger partial charge in [0.05, 0.1) is 19.6 Å². The number of carboxylic acids is 1. The number of rotatable bonds is 3. The van der Waals surface area contributed by atoms with E-state index in [4.69, 9.17) is 9.84 Å². The second-order valence-electron chi connectivity index (χ2n) is 4.70. The number of carbonyl (C=O) groups excluding carboxylic acids is 1. The first-order chi connectivity index (χ1) is 9.06. The zero-order valence-electron chi connectivity index (χ0n) is 10.8. The summed E-state index contributed by atoms with van der Waals surface area (Å²) in [6.07, 6.45) is -0.609. The molecule has 1 aromatic rings. The van der Waals surface area contributed by atoms with Crippen LogP contribution >= 0.6 is 0 Å². The lowest BCUT2D eigenvalue weighted by Crippen LogP contribution is -2.49. The fourth-order valence-corrected chi connectivity index (χ4v) is 2.02. The zero-order chi connectivity index (χ0) is 13.8. The van der Waals surface area contributed by atoms with Crippen LogP contribution in [0.2, 0.25) is 0 Å². The minimum Gasteiger partial charge on any atom is -0.479 e. The van der Waals surface area contributed by atoms with Crippen LogP contribution in [-0.4, -0.2) is 47.7 Å². The third-order valence-electron chi connectivity index (χ3n) is 3.17. The Bertz CT molecular complexity index is 469. The maximum absolute atomic E-state index is 12.1. The van der Waals surface area contributed by atoms with Gasteiger partial charge in [0.15, 0.2) is 6.10 Å². The van der Waals surface area contributed by atoms with E-state index >= 15 is 0 Å². The number of benzene rings is 1. The van der Waals surface area contributed by atoms with Gasteiger partial charge in [-0.3, -0.25) is 4.79 Å². The normalized spacial score (nSPS) is 19.2. The van der Waals surface area contributed by atoms with Crippen LogP contribution in [0.1, 0.15) is 11.1 Å². The summed E-state index contributed by atoms with van der Waals surface area (Å²) < 4.78 is 5.09. The van der Waals surface area contributed by atoms with Crippen molar-refractivity contribution in [2.45, 2.75) is 19.4 Å². The summed E-state index contributed by atoms with van der Waals surface area (Å²) in [5.74, 6) is -1.08. The van der Waals surface area contributed by atoms with Gasteiger partial charge in [0, 0.05) is 6.54 Å². The van der Waals surface area contributed by atoms with Gasteiger partial charge in [-0.15, -0.1) is 0 Å². The Morgan fingerprint density at radius 3 is 2.68 bits per heavy atom. The summed E-state index contributed by atoms with van der Waals surface area (Å²) in [5.41, 5.74) is 2.09. The van der Waals surface area contributed by atoms with Crippen molar-refractivity contribution in [1.82, 2.24) is 4.90 Å². The van der Waals surface area contributed by atoms with Crippen molar-refractivity contribution in [1.29, 1.82) is 0 Å². The van der Waals surface area contributed by atoms with Crippen molar-refractivity contribution in [2.24, 2.45) is 0 Å². The largest absolute Gasteiger partial charge is 0.479 e. The van der Waals surface area contributed by atoms with Gasteiger partial charge in [0.1, 0.15) is 0 Å². The molecule has 0 aromatic heterocycles. The topological polar surface area (TPSA) is 66.8 Å². The Morgan fingerprint density at radius 2 is 2.05 bits per heavy atom. The molecular formula is C14H17NO4. The number of morpholine rings is 1. The summed E-state index contributed by atoms with van der Waals surface area (Å²) in [5, 5.41) is 8.90. The molecule has 0 spiro atoms. The fourth-order valence-electron chi connectivity index (χ4n) is 2.02. The van der Waals surface area contributed by atoms with Gasteiger partial charge in [-0.05, 0) is 12.5 Å². The Morgan fingerprint density at radius 1 is 1.37 bits per heavy atom. The lowest BCUT2D eigenvalue weighted by molar-refractivity contribution is -0.159. The number of carbonyl (C=O) groups is 2. The first-order valence-electron chi connectivity index (χ1n) is 6.24. The standard InChI is InChI=1S/C14H17NO4/c1-10-2-4-11(5-3-10)8-13(16)15-6-7-19-12(9-15)14(17)18/h2-5,12H,6-9H2,1H3,(H,17,18)/t12-/m0/s1. The molecule has 1 N–H and O–H groups in total. The first-order valence-corrected chi connectivity index (χ1v) is 6.24. The Kier molecular flexibility index (Phi) is 4.16. The van der Waals surface area contributed by atoms with Crippen molar-refractivity contribution in [3.63, 3.8) is 0 Å². The highest BCUT2D eigenvalue weighted by Crippen LogP contribution is 2.10. The van der Waals surface area contributed by atoms with Crippen molar-refractivity contribution in [3.8, 4) is 0 Å². The first kappa shape index (κ1) is 13.5. The molecule has 5 nitrogen and oxygen atoms in total. The molecule has 0 unspecified atom stereocenters. The van der Waals surface area contributed by atoms with E-state index in [2.05, 4.69) is 0 Å². The van der Waals surface area contributed by atoms with Gasteiger partial charge in [0.25, 0.3) is 0 Å². The molecule has 5 heteroatoms. The van der Waals surface area contributed by atoms with Crippen LogP contribution in [0.15, 0.2) is 24.3 Å². The Balaban J connectivity index is 1.96. The number of aliphatic carboxylic acids is 1. The van der Waals surface area contributed by atoms with E-state index in [1.165, 1.54) is 0 Å². The van der Waals surface area contributed by atoms with Crippen LogP contribution in [0.25, 0.3) is 0 Å². The molecule has 1 aromatic carbocycles. The van der Waals surface area contributed by atoms with E-state index in [0.29, 0.717) is 13.0 Å². The van der Waals surface area contributed by atoms with Gasteiger partial charge in [0.2, 0.25) is 5.91 Å². The van der Waals surface area contributed by atoms with Crippen LogP contribution in [0, 0.1) is 6.92 Å². The van der Waals surface area contributed by atoms with Crippen LogP contribution in [-0.2, 0) is 20.7 Å². The summed E-state index contributed by atoms with van der Waals surface area (Å²) in [4.78, 5) is 24.5. The average molecular weight is 263 g/mol. The van der Waals surface area contributed by atoms with Crippen LogP contribution < -0.4 is 0 Å². The average Bonchev–Trinajstić information content (AvgIpc) is 2.41. The summed E-state index contributed by atoms with van der Waals surface area (Å²) >= 11 is 0. The van der Waals surface area contributed by atoms with Crippen molar-refractivity contribution >= 4 is 11.9 Å². The predicted molar refractivity (Wildman–Crippen MR) is 68.8 cm³/mol. The predicted octanol–water partition coefficient (Wildman–Crippen LogP) is 0.850. The van der Waals surface area contributed by atoms with Gasteiger partial charge >= 0.3 is 5.97 Å². The maximum atomic E-state index is 12.1. The zero-order valence-corrected chi connectivity index (χ0v) is 10.8. The molecule has 2 rings (SSSR count). The highest BCUT2D eigenvalue weighted by molar-refractivity contribution is 5.80. The molecule has 1 fully saturated rings. The molecule has 0 bridgehead atoms. The molecule has 0 aliphatic carbocycles. The fraction of sp³-hybridized carbons (Fsp3) is 0.429. The second kappa shape index (κ2) is 5.84. The third kappa shape index (κ3) is 3.54. The molecule has 1 saturated heterocycles. The highest BCUT2D eigenvalue weighted by atomic mass is 16.5. The number of nitrogens with zero attached hydrogens (tertiary/aromatic N) is 1. The minimum absolute atomic E-state index is 0.0570. The van der Waals surface area contributed by atoms with E-state index < -0.39 is 12.1 Å². The number of hydrogen-bond acceptors (Lipinski definition) is 3. The maximum Gasteiger partial charge on any atom is 0.334 e. The smallest absolute Gasteiger partial charge is 0.334 e. The van der Waals surface area contributed by atoms with E-state index in [0.717, 1.165) is 11.1 Å². The van der Waals surface area contributed by atoms with Crippen molar-refractivity contribution in [3.05, 3.63) is 35.4 Å².